The fourth-order valence-corrected chi connectivity index (χ4v) is 3.35. The highest BCUT2D eigenvalue weighted by Gasteiger charge is 2.08. The summed E-state index contributed by atoms with van der Waals surface area (Å²) in [6.45, 7) is 1.88. The Bertz CT molecular complexity index is 937. The molecule has 0 saturated heterocycles. The van der Waals surface area contributed by atoms with E-state index >= 15 is 0 Å². The quantitative estimate of drug-likeness (QED) is 0.670. The lowest BCUT2D eigenvalue weighted by atomic mass is 10.2. The highest BCUT2D eigenvalue weighted by molar-refractivity contribution is 7.99. The molecule has 0 aliphatic rings. The molecule has 134 valence electrons. The number of aromatic nitrogens is 2. The molecule has 1 aromatic heterocycles. The molecule has 0 radical (unpaired) electrons. The van der Waals surface area contributed by atoms with Crippen molar-refractivity contribution in [3.05, 3.63) is 59.9 Å². The molecule has 0 unspecified atom stereocenters. The van der Waals surface area contributed by atoms with Crippen molar-refractivity contribution in [2.45, 2.75) is 16.7 Å². The molecule has 0 bridgehead atoms. The average Bonchev–Trinajstić information content (AvgIpc) is 2.98. The van der Waals surface area contributed by atoms with E-state index in [4.69, 9.17) is 15.2 Å². The first-order chi connectivity index (χ1) is 12.6. The van der Waals surface area contributed by atoms with Crippen LogP contribution in [0.4, 0.5) is 5.95 Å². The van der Waals surface area contributed by atoms with Crippen LogP contribution in [0.5, 0.6) is 11.5 Å². The zero-order chi connectivity index (χ0) is 18.5. The van der Waals surface area contributed by atoms with E-state index < -0.39 is 0 Å². The Balaban J connectivity index is 1.87. The van der Waals surface area contributed by atoms with Gasteiger partial charge in [-0.1, -0.05) is 30.0 Å². The Morgan fingerprint density at radius 3 is 2.58 bits per heavy atom. The number of hydrogen-bond acceptors (Lipinski definition) is 6. The van der Waals surface area contributed by atoms with Crippen LogP contribution in [0, 0.1) is 6.92 Å². The molecule has 2 N–H and O–H groups in total. The van der Waals surface area contributed by atoms with Gasteiger partial charge in [-0.2, -0.15) is 5.10 Å². The van der Waals surface area contributed by atoms with E-state index in [9.17, 15) is 0 Å². The number of anilines is 1. The molecule has 0 aliphatic carbocycles. The predicted octanol–water partition coefficient (Wildman–Crippen LogP) is 3.82. The molecule has 0 saturated carbocycles. The molecular formula is C19H20N4O2S. The van der Waals surface area contributed by atoms with Gasteiger partial charge < -0.3 is 15.2 Å². The summed E-state index contributed by atoms with van der Waals surface area (Å²) in [5.74, 6) is 1.77. The van der Waals surface area contributed by atoms with Gasteiger partial charge in [0.25, 0.3) is 0 Å². The lowest BCUT2D eigenvalue weighted by molar-refractivity contribution is 0.354. The fourth-order valence-electron chi connectivity index (χ4n) is 2.41. The van der Waals surface area contributed by atoms with Crippen LogP contribution in [0.15, 0.2) is 63.6 Å². The van der Waals surface area contributed by atoms with Crippen molar-refractivity contribution in [1.29, 1.82) is 0 Å². The number of nitrogen functional groups attached to an aromatic ring is 1. The molecule has 6 nitrogen and oxygen atoms in total. The van der Waals surface area contributed by atoms with Crippen molar-refractivity contribution < 1.29 is 9.47 Å². The third kappa shape index (κ3) is 4.00. The minimum absolute atomic E-state index is 0.365. The first-order valence-corrected chi connectivity index (χ1v) is 8.77. The maximum Gasteiger partial charge on any atom is 0.221 e. The zero-order valence-electron chi connectivity index (χ0n) is 14.8. The Labute approximate surface area is 156 Å². The number of ether oxygens (including phenoxy) is 2. The van der Waals surface area contributed by atoms with Crippen molar-refractivity contribution in [3.63, 3.8) is 0 Å². The Morgan fingerprint density at radius 1 is 1.12 bits per heavy atom. The number of aryl methyl sites for hydroxylation is 1. The van der Waals surface area contributed by atoms with E-state index in [1.54, 1.807) is 43.1 Å². The van der Waals surface area contributed by atoms with Crippen LogP contribution in [-0.4, -0.2) is 30.1 Å². The second kappa shape index (κ2) is 7.97. The molecule has 0 amide bonds. The molecule has 3 aromatic rings. The normalized spacial score (nSPS) is 11.0. The van der Waals surface area contributed by atoms with E-state index in [0.717, 1.165) is 21.0 Å². The van der Waals surface area contributed by atoms with Gasteiger partial charge >= 0.3 is 0 Å². The number of imidazole rings is 1. The van der Waals surface area contributed by atoms with Gasteiger partial charge in [-0.3, -0.25) is 0 Å². The SMILES string of the molecule is COc1ccc(Sc2ccccc2C=Nn2cc(C)nc2N)cc1OC. The smallest absolute Gasteiger partial charge is 0.221 e. The maximum atomic E-state index is 5.83. The molecule has 0 aliphatic heterocycles. The second-order valence-corrected chi connectivity index (χ2v) is 6.60. The van der Waals surface area contributed by atoms with Gasteiger partial charge in [0.1, 0.15) is 0 Å². The minimum Gasteiger partial charge on any atom is -0.493 e. The minimum atomic E-state index is 0.365. The number of nitrogens with zero attached hydrogens (tertiary/aromatic N) is 3. The summed E-state index contributed by atoms with van der Waals surface area (Å²) in [6.07, 6.45) is 3.57. The van der Waals surface area contributed by atoms with Crippen molar-refractivity contribution in [2.24, 2.45) is 5.10 Å². The van der Waals surface area contributed by atoms with Crippen LogP contribution in [-0.2, 0) is 0 Å². The van der Waals surface area contributed by atoms with Gasteiger partial charge in [-0.15, -0.1) is 0 Å². The van der Waals surface area contributed by atoms with E-state index in [1.807, 2.05) is 49.4 Å². The lowest BCUT2D eigenvalue weighted by Gasteiger charge is -2.10. The van der Waals surface area contributed by atoms with Crippen LogP contribution in [0.3, 0.4) is 0 Å². The van der Waals surface area contributed by atoms with Gasteiger partial charge in [0, 0.05) is 15.4 Å². The number of nitrogens with two attached hydrogens (primary N) is 1. The number of hydrogen-bond donors (Lipinski definition) is 1. The van der Waals surface area contributed by atoms with Crippen LogP contribution < -0.4 is 15.2 Å². The van der Waals surface area contributed by atoms with Gasteiger partial charge in [-0.05, 0) is 31.2 Å². The summed E-state index contributed by atoms with van der Waals surface area (Å²) in [5, 5.41) is 4.41. The number of rotatable bonds is 6. The molecule has 7 heteroatoms. The Kier molecular flexibility index (Phi) is 5.48. The summed E-state index contributed by atoms with van der Waals surface area (Å²) >= 11 is 1.62. The molecule has 3 rings (SSSR count). The third-order valence-corrected chi connectivity index (χ3v) is 4.74. The van der Waals surface area contributed by atoms with Crippen molar-refractivity contribution >= 4 is 23.9 Å². The molecule has 2 aromatic carbocycles. The van der Waals surface area contributed by atoms with Gasteiger partial charge in [-0.25, -0.2) is 9.66 Å². The summed E-state index contributed by atoms with van der Waals surface area (Å²) in [5.41, 5.74) is 7.64. The number of methoxy groups -OCH3 is 2. The fraction of sp³-hybridized carbons (Fsp3) is 0.158. The molecule has 1 heterocycles. The molecule has 0 fully saturated rings. The van der Waals surface area contributed by atoms with Crippen molar-refractivity contribution in [1.82, 2.24) is 9.66 Å². The van der Waals surface area contributed by atoms with Gasteiger partial charge in [0.05, 0.1) is 32.3 Å². The van der Waals surface area contributed by atoms with Crippen LogP contribution >= 0.6 is 11.8 Å². The van der Waals surface area contributed by atoms with Gasteiger partial charge in [0.2, 0.25) is 5.95 Å². The van der Waals surface area contributed by atoms with E-state index in [1.165, 1.54) is 0 Å². The standard InChI is InChI=1S/C19H20N4O2S/c1-13-12-23(19(20)22-13)21-11-14-6-4-5-7-18(14)26-15-8-9-16(24-2)17(10-15)25-3/h4-12H,1-3H3,(H2,20,22). The summed E-state index contributed by atoms with van der Waals surface area (Å²) in [7, 11) is 3.25. The topological polar surface area (TPSA) is 74.7 Å². The van der Waals surface area contributed by atoms with Gasteiger partial charge in [0.15, 0.2) is 11.5 Å². The maximum absolute atomic E-state index is 5.83. The average molecular weight is 368 g/mol. The Morgan fingerprint density at radius 2 is 1.88 bits per heavy atom. The monoisotopic (exact) mass is 368 g/mol. The summed E-state index contributed by atoms with van der Waals surface area (Å²) < 4.78 is 12.2. The largest absolute Gasteiger partial charge is 0.493 e. The summed E-state index contributed by atoms with van der Waals surface area (Å²) in [6, 6.07) is 13.9. The highest BCUT2D eigenvalue weighted by atomic mass is 32.2. The van der Waals surface area contributed by atoms with Crippen LogP contribution in [0.2, 0.25) is 0 Å². The molecule has 0 spiro atoms. The first kappa shape index (κ1) is 17.9. The van der Waals surface area contributed by atoms with E-state index in [2.05, 4.69) is 10.1 Å². The first-order valence-electron chi connectivity index (χ1n) is 7.95. The highest BCUT2D eigenvalue weighted by Crippen LogP contribution is 2.36. The van der Waals surface area contributed by atoms with E-state index in [0.29, 0.717) is 17.4 Å². The Hall–Kier alpha value is -2.93. The second-order valence-electron chi connectivity index (χ2n) is 5.49. The van der Waals surface area contributed by atoms with Crippen molar-refractivity contribution in [2.75, 3.05) is 20.0 Å². The number of benzene rings is 2. The van der Waals surface area contributed by atoms with Crippen molar-refractivity contribution in [3.8, 4) is 11.5 Å². The van der Waals surface area contributed by atoms with Crippen LogP contribution in [0.1, 0.15) is 11.3 Å². The lowest BCUT2D eigenvalue weighted by Crippen LogP contribution is -1.97. The third-order valence-electron chi connectivity index (χ3n) is 3.66. The molecule has 0 atom stereocenters. The van der Waals surface area contributed by atoms with Crippen LogP contribution in [0.25, 0.3) is 0 Å². The summed E-state index contributed by atoms with van der Waals surface area (Å²) in [4.78, 5) is 6.26. The zero-order valence-corrected chi connectivity index (χ0v) is 15.7. The molecule has 26 heavy (non-hydrogen) atoms. The van der Waals surface area contributed by atoms with E-state index in [-0.39, 0.29) is 0 Å². The predicted molar refractivity (Wildman–Crippen MR) is 104 cm³/mol. The molecular weight excluding hydrogens is 348 g/mol.